The van der Waals surface area contributed by atoms with Crippen molar-refractivity contribution in [2.24, 2.45) is 0 Å². The summed E-state index contributed by atoms with van der Waals surface area (Å²) >= 11 is 3.75. The monoisotopic (exact) mass is 375 g/mol. The zero-order valence-electron chi connectivity index (χ0n) is 10.4. The number of carbonyl (C=O) groups excluding carboxylic acids is 1. The maximum Gasteiger partial charge on any atom is 0.257 e. The Kier molecular flexibility index (Phi) is 3.76. The van der Waals surface area contributed by atoms with Crippen molar-refractivity contribution in [3.05, 3.63) is 31.7 Å². The number of nitrogens with zero attached hydrogens (tertiary/aromatic N) is 1. The second kappa shape index (κ2) is 5.00. The van der Waals surface area contributed by atoms with Crippen LogP contribution < -0.4 is 5.32 Å². The van der Waals surface area contributed by atoms with Gasteiger partial charge >= 0.3 is 0 Å². The van der Waals surface area contributed by atoms with E-state index < -0.39 is 0 Å². The van der Waals surface area contributed by atoms with Crippen LogP contribution in [0.5, 0.6) is 0 Å². The molecule has 2 aromatic heterocycles. The predicted molar refractivity (Wildman–Crippen MR) is 82.3 cm³/mol. The number of rotatable bonds is 2. The van der Waals surface area contributed by atoms with Gasteiger partial charge in [-0.05, 0) is 28.7 Å². The molecule has 6 heteroatoms. The van der Waals surface area contributed by atoms with Crippen LogP contribution in [0.25, 0.3) is 0 Å². The third-order valence-corrected chi connectivity index (χ3v) is 4.25. The summed E-state index contributed by atoms with van der Waals surface area (Å²) in [5, 5.41) is 11.7. The molecule has 0 unspecified atom stereocenters. The average molecular weight is 375 g/mol. The second-order valence-electron chi connectivity index (χ2n) is 5.01. The SMILES string of the molecule is CC(C)(C)c1cc(NC(=O)c2csc(I)c2)n[nH]1. The van der Waals surface area contributed by atoms with Crippen molar-refractivity contribution in [1.29, 1.82) is 0 Å². The Hall–Kier alpha value is -0.890. The van der Waals surface area contributed by atoms with Gasteiger partial charge in [0.1, 0.15) is 0 Å². The number of carbonyl (C=O) groups is 1. The van der Waals surface area contributed by atoms with E-state index in [0.717, 1.165) is 8.58 Å². The van der Waals surface area contributed by atoms with Crippen LogP contribution in [0.15, 0.2) is 17.5 Å². The Bertz CT molecular complexity index is 568. The van der Waals surface area contributed by atoms with Gasteiger partial charge in [-0.25, -0.2) is 0 Å². The van der Waals surface area contributed by atoms with Crippen molar-refractivity contribution in [3.8, 4) is 0 Å². The summed E-state index contributed by atoms with van der Waals surface area (Å²) in [6, 6.07) is 3.73. The summed E-state index contributed by atoms with van der Waals surface area (Å²) < 4.78 is 1.09. The van der Waals surface area contributed by atoms with E-state index in [9.17, 15) is 4.79 Å². The zero-order chi connectivity index (χ0) is 13.3. The summed E-state index contributed by atoms with van der Waals surface area (Å²) in [6.45, 7) is 6.27. The lowest BCUT2D eigenvalue weighted by atomic mass is 9.92. The Morgan fingerprint density at radius 3 is 2.67 bits per heavy atom. The number of anilines is 1. The van der Waals surface area contributed by atoms with Crippen LogP contribution in [-0.4, -0.2) is 16.1 Å². The van der Waals surface area contributed by atoms with Crippen LogP contribution in [0.2, 0.25) is 0 Å². The number of thiophene rings is 1. The number of nitrogens with one attached hydrogen (secondary N) is 2. The first-order valence-electron chi connectivity index (χ1n) is 5.47. The molecule has 0 aromatic carbocycles. The minimum Gasteiger partial charge on any atom is -0.305 e. The molecule has 2 heterocycles. The van der Waals surface area contributed by atoms with E-state index in [1.165, 1.54) is 0 Å². The Morgan fingerprint density at radius 2 is 2.17 bits per heavy atom. The topological polar surface area (TPSA) is 57.8 Å². The van der Waals surface area contributed by atoms with Gasteiger partial charge in [0.05, 0.1) is 8.45 Å². The minimum atomic E-state index is -0.124. The molecule has 0 atom stereocenters. The number of aromatic amines is 1. The second-order valence-corrected chi connectivity index (χ2v) is 7.82. The highest BCUT2D eigenvalue weighted by atomic mass is 127. The predicted octanol–water partition coefficient (Wildman–Crippen LogP) is 3.63. The van der Waals surface area contributed by atoms with Crippen molar-refractivity contribution in [3.63, 3.8) is 0 Å². The first-order valence-corrected chi connectivity index (χ1v) is 7.43. The fourth-order valence-electron chi connectivity index (χ4n) is 1.39. The quantitative estimate of drug-likeness (QED) is 0.788. The summed E-state index contributed by atoms with van der Waals surface area (Å²) in [7, 11) is 0. The van der Waals surface area contributed by atoms with Crippen LogP contribution >= 0.6 is 33.9 Å². The molecule has 2 rings (SSSR count). The standard InChI is InChI=1S/C12H14IN3OS/c1-12(2,3)8-5-10(16-15-8)14-11(17)7-4-9(13)18-6-7/h4-6H,1-3H3,(H2,14,15,16,17). The number of hydrogen-bond donors (Lipinski definition) is 2. The largest absolute Gasteiger partial charge is 0.305 e. The van der Waals surface area contributed by atoms with Crippen molar-refractivity contribution in [2.45, 2.75) is 26.2 Å². The number of H-pyrrole nitrogens is 1. The van der Waals surface area contributed by atoms with E-state index in [-0.39, 0.29) is 11.3 Å². The molecule has 0 aliphatic rings. The molecule has 96 valence electrons. The van der Waals surface area contributed by atoms with Crippen molar-refractivity contribution in [2.75, 3.05) is 5.32 Å². The molecule has 1 amide bonds. The lowest BCUT2D eigenvalue weighted by molar-refractivity contribution is 0.102. The van der Waals surface area contributed by atoms with Crippen molar-refractivity contribution < 1.29 is 4.79 Å². The van der Waals surface area contributed by atoms with E-state index in [0.29, 0.717) is 11.4 Å². The highest BCUT2D eigenvalue weighted by Gasteiger charge is 2.17. The van der Waals surface area contributed by atoms with E-state index in [1.54, 1.807) is 11.3 Å². The van der Waals surface area contributed by atoms with E-state index >= 15 is 0 Å². The lowest BCUT2D eigenvalue weighted by Gasteiger charge is -2.14. The van der Waals surface area contributed by atoms with Crippen molar-refractivity contribution in [1.82, 2.24) is 10.2 Å². The third-order valence-electron chi connectivity index (χ3n) is 2.46. The number of aromatic nitrogens is 2. The average Bonchev–Trinajstić information content (AvgIpc) is 2.85. The number of halogens is 1. The van der Waals surface area contributed by atoms with Crippen molar-refractivity contribution >= 4 is 45.7 Å². The molecule has 0 fully saturated rings. The minimum absolute atomic E-state index is 0.00621. The first kappa shape index (κ1) is 13.5. The van der Waals surface area contributed by atoms with Gasteiger partial charge in [-0.3, -0.25) is 9.89 Å². The summed E-state index contributed by atoms with van der Waals surface area (Å²) in [4.78, 5) is 11.9. The molecule has 4 nitrogen and oxygen atoms in total. The van der Waals surface area contributed by atoms with Gasteiger partial charge in [0, 0.05) is 22.6 Å². The number of amides is 1. The molecule has 18 heavy (non-hydrogen) atoms. The maximum absolute atomic E-state index is 11.9. The Balaban J connectivity index is 2.10. The third kappa shape index (κ3) is 3.11. The maximum atomic E-state index is 11.9. The Labute approximate surface area is 123 Å². The Morgan fingerprint density at radius 1 is 1.44 bits per heavy atom. The van der Waals surface area contributed by atoms with E-state index in [1.807, 2.05) is 17.5 Å². The smallest absolute Gasteiger partial charge is 0.257 e. The first-order chi connectivity index (χ1) is 8.36. The van der Waals surface area contributed by atoms with Crippen LogP contribution in [-0.2, 0) is 5.41 Å². The summed E-state index contributed by atoms with van der Waals surface area (Å²) in [5.41, 5.74) is 1.66. The van der Waals surface area contributed by atoms with Crippen LogP contribution in [0.3, 0.4) is 0 Å². The molecule has 0 saturated heterocycles. The van der Waals surface area contributed by atoms with Crippen LogP contribution in [0, 0.1) is 2.88 Å². The zero-order valence-corrected chi connectivity index (χ0v) is 13.3. The number of hydrogen-bond acceptors (Lipinski definition) is 3. The van der Waals surface area contributed by atoms with E-state index in [4.69, 9.17) is 0 Å². The molecule has 2 aromatic rings. The summed E-state index contributed by atoms with van der Waals surface area (Å²) in [5.74, 6) is 0.437. The van der Waals surface area contributed by atoms with Gasteiger partial charge in [-0.2, -0.15) is 5.10 Å². The fourth-order valence-corrected chi connectivity index (χ4v) is 2.71. The molecular formula is C12H14IN3OS. The van der Waals surface area contributed by atoms with Gasteiger partial charge in [-0.15, -0.1) is 11.3 Å². The molecule has 0 spiro atoms. The molecular weight excluding hydrogens is 361 g/mol. The van der Waals surface area contributed by atoms with Gasteiger partial charge in [0.15, 0.2) is 5.82 Å². The van der Waals surface area contributed by atoms with E-state index in [2.05, 4.69) is 58.9 Å². The van der Waals surface area contributed by atoms with Gasteiger partial charge in [-0.1, -0.05) is 20.8 Å². The molecule has 0 aliphatic heterocycles. The van der Waals surface area contributed by atoms with Gasteiger partial charge in [0.2, 0.25) is 0 Å². The molecule has 0 saturated carbocycles. The molecule has 0 radical (unpaired) electrons. The van der Waals surface area contributed by atoms with Gasteiger partial charge in [0.25, 0.3) is 5.91 Å². The fraction of sp³-hybridized carbons (Fsp3) is 0.333. The highest BCUT2D eigenvalue weighted by Crippen LogP contribution is 2.22. The molecule has 0 bridgehead atoms. The van der Waals surface area contributed by atoms with Crippen LogP contribution in [0.4, 0.5) is 5.82 Å². The van der Waals surface area contributed by atoms with Gasteiger partial charge < -0.3 is 5.32 Å². The summed E-state index contributed by atoms with van der Waals surface area (Å²) in [6.07, 6.45) is 0. The normalized spacial score (nSPS) is 11.6. The lowest BCUT2D eigenvalue weighted by Crippen LogP contribution is -2.12. The molecule has 2 N–H and O–H groups in total. The van der Waals surface area contributed by atoms with Crippen LogP contribution in [0.1, 0.15) is 36.8 Å². The molecule has 0 aliphatic carbocycles. The highest BCUT2D eigenvalue weighted by molar-refractivity contribution is 14.1.